The summed E-state index contributed by atoms with van der Waals surface area (Å²) >= 11 is 0. The summed E-state index contributed by atoms with van der Waals surface area (Å²) in [6, 6.07) is 11.1. The number of pyridine rings is 1. The van der Waals surface area contributed by atoms with Gasteiger partial charge in [-0.2, -0.15) is 9.71 Å². The van der Waals surface area contributed by atoms with Gasteiger partial charge >= 0.3 is 0 Å². The number of rotatable bonds is 3. The van der Waals surface area contributed by atoms with Crippen LogP contribution in [-0.4, -0.2) is 32.0 Å². The Morgan fingerprint density at radius 3 is 2.91 bits per heavy atom. The molecular formula is C16H13N5O2. The van der Waals surface area contributed by atoms with Crippen LogP contribution in [0.25, 0.3) is 21.9 Å². The molecule has 0 spiro atoms. The van der Waals surface area contributed by atoms with Crippen molar-refractivity contribution in [2.45, 2.75) is 0 Å². The molecule has 0 bridgehead atoms. The van der Waals surface area contributed by atoms with Gasteiger partial charge in [-0.1, -0.05) is 0 Å². The first-order valence-corrected chi connectivity index (χ1v) is 6.98. The number of nitrogens with one attached hydrogen (secondary N) is 1. The summed E-state index contributed by atoms with van der Waals surface area (Å²) in [5.41, 5.74) is 2.17. The number of hydrogen-bond acceptors (Lipinski definition) is 6. The molecule has 0 saturated heterocycles. The third-order valence-electron chi connectivity index (χ3n) is 3.61. The Morgan fingerprint density at radius 1 is 1.13 bits per heavy atom. The first-order valence-electron chi connectivity index (χ1n) is 6.98. The van der Waals surface area contributed by atoms with Crippen LogP contribution >= 0.6 is 0 Å². The number of fused-ring (bicyclic) bond motifs is 2. The number of anilines is 2. The van der Waals surface area contributed by atoms with Gasteiger partial charge in [0.15, 0.2) is 5.65 Å². The standard InChI is InChI=1S/C16H13N5O2/c1-23-14-5-3-12-15(17-9-18-16(12)20-14)19-11-2-4-13-10(8-11)6-7-21(13)22/h2-9,22H,1H3,(H,17,18,19,20). The molecule has 3 aromatic heterocycles. The van der Waals surface area contributed by atoms with Crippen LogP contribution in [0.15, 0.2) is 48.9 Å². The molecule has 2 N–H and O–H groups in total. The highest BCUT2D eigenvalue weighted by molar-refractivity contribution is 5.90. The summed E-state index contributed by atoms with van der Waals surface area (Å²) in [6.45, 7) is 0. The Hall–Kier alpha value is -3.35. The average Bonchev–Trinajstić information content (AvgIpc) is 2.95. The molecule has 7 nitrogen and oxygen atoms in total. The summed E-state index contributed by atoms with van der Waals surface area (Å²) < 4.78 is 6.21. The lowest BCUT2D eigenvalue weighted by molar-refractivity contribution is 0.200. The lowest BCUT2D eigenvalue weighted by Gasteiger charge is -2.09. The van der Waals surface area contributed by atoms with Gasteiger partial charge in [-0.15, -0.1) is 0 Å². The van der Waals surface area contributed by atoms with E-state index in [4.69, 9.17) is 4.74 Å². The molecule has 7 heteroatoms. The molecule has 0 amide bonds. The lowest BCUT2D eigenvalue weighted by Crippen LogP contribution is -1.98. The second kappa shape index (κ2) is 5.13. The highest BCUT2D eigenvalue weighted by Gasteiger charge is 2.08. The molecule has 0 atom stereocenters. The van der Waals surface area contributed by atoms with Crippen LogP contribution in [0.4, 0.5) is 11.5 Å². The monoisotopic (exact) mass is 307 g/mol. The van der Waals surface area contributed by atoms with Crippen molar-refractivity contribution in [1.29, 1.82) is 0 Å². The Labute approximate surface area is 131 Å². The maximum Gasteiger partial charge on any atom is 0.215 e. The average molecular weight is 307 g/mol. The zero-order valence-corrected chi connectivity index (χ0v) is 12.3. The minimum Gasteiger partial charge on any atom is -0.481 e. The van der Waals surface area contributed by atoms with Crippen molar-refractivity contribution in [2.75, 3.05) is 12.4 Å². The number of hydrogen-bond donors (Lipinski definition) is 2. The van der Waals surface area contributed by atoms with Crippen molar-refractivity contribution in [2.24, 2.45) is 0 Å². The molecule has 1 aromatic carbocycles. The molecule has 0 saturated carbocycles. The van der Waals surface area contributed by atoms with Gasteiger partial charge in [0.05, 0.1) is 18.0 Å². The Kier molecular flexibility index (Phi) is 2.97. The number of methoxy groups -OCH3 is 1. The van der Waals surface area contributed by atoms with Gasteiger partial charge in [0, 0.05) is 23.3 Å². The fourth-order valence-electron chi connectivity index (χ4n) is 2.48. The Bertz CT molecular complexity index is 1010. The molecule has 0 aliphatic heterocycles. The molecule has 114 valence electrons. The Morgan fingerprint density at radius 2 is 2.04 bits per heavy atom. The quantitative estimate of drug-likeness (QED) is 0.566. The van der Waals surface area contributed by atoms with Gasteiger partial charge in [-0.25, -0.2) is 9.97 Å². The summed E-state index contributed by atoms with van der Waals surface area (Å²) in [4.78, 5) is 12.8. The molecule has 4 aromatic rings. The second-order valence-corrected chi connectivity index (χ2v) is 5.01. The molecule has 0 unspecified atom stereocenters. The lowest BCUT2D eigenvalue weighted by atomic mass is 10.2. The third-order valence-corrected chi connectivity index (χ3v) is 3.61. The highest BCUT2D eigenvalue weighted by Crippen LogP contribution is 2.26. The topological polar surface area (TPSA) is 85.1 Å². The minimum absolute atomic E-state index is 0.507. The van der Waals surface area contributed by atoms with E-state index in [0.29, 0.717) is 17.3 Å². The van der Waals surface area contributed by atoms with Gasteiger partial charge in [-0.3, -0.25) is 0 Å². The van der Waals surface area contributed by atoms with E-state index in [-0.39, 0.29) is 0 Å². The van der Waals surface area contributed by atoms with E-state index in [1.807, 2.05) is 30.3 Å². The van der Waals surface area contributed by atoms with Crippen LogP contribution in [0.1, 0.15) is 0 Å². The normalized spacial score (nSPS) is 11.0. The molecule has 4 rings (SSSR count). The predicted molar refractivity (Wildman–Crippen MR) is 86.3 cm³/mol. The number of ether oxygens (including phenoxy) is 1. The van der Waals surface area contributed by atoms with E-state index in [0.717, 1.165) is 26.7 Å². The van der Waals surface area contributed by atoms with Gasteiger partial charge in [0.25, 0.3) is 0 Å². The number of nitrogens with zero attached hydrogens (tertiary/aromatic N) is 4. The van der Waals surface area contributed by atoms with Crippen LogP contribution in [0, 0.1) is 0 Å². The molecule has 0 aliphatic rings. The molecule has 0 fully saturated rings. The maximum absolute atomic E-state index is 9.64. The smallest absolute Gasteiger partial charge is 0.215 e. The van der Waals surface area contributed by atoms with Gasteiger partial charge < -0.3 is 15.3 Å². The van der Waals surface area contributed by atoms with Gasteiger partial charge in [0.1, 0.15) is 12.1 Å². The summed E-state index contributed by atoms with van der Waals surface area (Å²) in [5.74, 6) is 1.17. The summed E-state index contributed by atoms with van der Waals surface area (Å²) in [7, 11) is 1.57. The van der Waals surface area contributed by atoms with E-state index >= 15 is 0 Å². The van der Waals surface area contributed by atoms with E-state index in [1.165, 1.54) is 6.33 Å². The summed E-state index contributed by atoms with van der Waals surface area (Å²) in [5, 5.41) is 14.6. The van der Waals surface area contributed by atoms with Gasteiger partial charge in [-0.05, 0) is 30.3 Å². The summed E-state index contributed by atoms with van der Waals surface area (Å²) in [6.07, 6.45) is 3.06. The van der Waals surface area contributed by atoms with Crippen molar-refractivity contribution < 1.29 is 9.94 Å². The number of aromatic nitrogens is 4. The van der Waals surface area contributed by atoms with E-state index < -0.39 is 0 Å². The van der Waals surface area contributed by atoms with E-state index in [1.54, 1.807) is 19.4 Å². The van der Waals surface area contributed by atoms with Crippen LogP contribution in [0.2, 0.25) is 0 Å². The first kappa shape index (κ1) is 13.3. The van der Waals surface area contributed by atoms with Crippen LogP contribution < -0.4 is 10.1 Å². The molecule has 0 aliphatic carbocycles. The van der Waals surface area contributed by atoms with E-state index in [2.05, 4.69) is 20.3 Å². The zero-order valence-electron chi connectivity index (χ0n) is 12.3. The highest BCUT2D eigenvalue weighted by atomic mass is 16.5. The zero-order chi connectivity index (χ0) is 15.8. The first-order chi connectivity index (χ1) is 11.2. The van der Waals surface area contributed by atoms with Crippen molar-refractivity contribution in [3.8, 4) is 5.88 Å². The predicted octanol–water partition coefficient (Wildman–Crippen LogP) is 2.97. The van der Waals surface area contributed by atoms with Crippen molar-refractivity contribution >= 4 is 33.4 Å². The SMILES string of the molecule is COc1ccc2c(Nc3ccc4c(ccn4O)c3)ncnc2n1. The van der Waals surface area contributed by atoms with Gasteiger partial charge in [0.2, 0.25) is 5.88 Å². The van der Waals surface area contributed by atoms with Crippen LogP contribution in [-0.2, 0) is 0 Å². The molecule has 23 heavy (non-hydrogen) atoms. The van der Waals surface area contributed by atoms with Crippen molar-refractivity contribution in [3.05, 3.63) is 48.9 Å². The van der Waals surface area contributed by atoms with Crippen LogP contribution in [0.5, 0.6) is 5.88 Å². The Balaban J connectivity index is 1.76. The van der Waals surface area contributed by atoms with Crippen molar-refractivity contribution in [1.82, 2.24) is 19.7 Å². The second-order valence-electron chi connectivity index (χ2n) is 5.01. The third kappa shape index (κ3) is 2.28. The fourth-order valence-corrected chi connectivity index (χ4v) is 2.48. The fraction of sp³-hybridized carbons (Fsp3) is 0.0625. The molecular weight excluding hydrogens is 294 g/mol. The van der Waals surface area contributed by atoms with Crippen LogP contribution in [0.3, 0.4) is 0 Å². The number of benzene rings is 1. The minimum atomic E-state index is 0.507. The maximum atomic E-state index is 9.64. The molecule has 3 heterocycles. The largest absolute Gasteiger partial charge is 0.481 e. The molecule has 0 radical (unpaired) electrons. The van der Waals surface area contributed by atoms with Crippen molar-refractivity contribution in [3.63, 3.8) is 0 Å². The van der Waals surface area contributed by atoms with E-state index in [9.17, 15) is 5.21 Å².